The quantitative estimate of drug-likeness (QED) is 0.440. The standard InChI is InChI=1S/C18H11NO3S/c20-15-13-10-11-6-4-5-9-14(11)19-17(13)23-16(15)18(21)22-12-7-2-1-3-8-12/h1-10,20H. The van der Waals surface area contributed by atoms with E-state index >= 15 is 0 Å². The number of aromatic nitrogens is 1. The van der Waals surface area contributed by atoms with Crippen LogP contribution in [0.25, 0.3) is 21.1 Å². The summed E-state index contributed by atoms with van der Waals surface area (Å²) < 4.78 is 5.29. The molecule has 4 nitrogen and oxygen atoms in total. The van der Waals surface area contributed by atoms with Crippen molar-refractivity contribution in [1.82, 2.24) is 4.98 Å². The van der Waals surface area contributed by atoms with Gasteiger partial charge in [-0.25, -0.2) is 9.78 Å². The molecular formula is C18H11NO3S. The minimum atomic E-state index is -0.583. The van der Waals surface area contributed by atoms with Crippen molar-refractivity contribution in [1.29, 1.82) is 0 Å². The van der Waals surface area contributed by atoms with Crippen LogP contribution >= 0.6 is 11.3 Å². The van der Waals surface area contributed by atoms with Crippen LogP contribution < -0.4 is 4.74 Å². The number of esters is 1. The van der Waals surface area contributed by atoms with E-state index in [1.165, 1.54) is 0 Å². The molecule has 5 heteroatoms. The number of hydrogen-bond acceptors (Lipinski definition) is 5. The molecule has 0 saturated carbocycles. The summed E-state index contributed by atoms with van der Waals surface area (Å²) in [5.41, 5.74) is 0.823. The number of para-hydroxylation sites is 2. The van der Waals surface area contributed by atoms with E-state index in [1.54, 1.807) is 24.3 Å². The SMILES string of the molecule is O=C(Oc1ccccc1)c1sc2nc3ccccc3cc2c1O. The maximum atomic E-state index is 12.3. The molecule has 0 radical (unpaired) electrons. The monoisotopic (exact) mass is 321 g/mol. The maximum absolute atomic E-state index is 12.3. The Balaban J connectivity index is 1.79. The molecular weight excluding hydrogens is 310 g/mol. The van der Waals surface area contributed by atoms with Gasteiger partial charge in [-0.1, -0.05) is 36.4 Å². The molecule has 1 N–H and O–H groups in total. The Labute approximate surface area is 135 Å². The molecule has 0 amide bonds. The summed E-state index contributed by atoms with van der Waals surface area (Å²) in [5.74, 6) is -0.225. The lowest BCUT2D eigenvalue weighted by molar-refractivity contribution is 0.0737. The Morgan fingerprint density at radius 2 is 1.78 bits per heavy atom. The number of ether oxygens (including phenoxy) is 1. The van der Waals surface area contributed by atoms with E-state index in [9.17, 15) is 9.90 Å². The highest BCUT2D eigenvalue weighted by Crippen LogP contribution is 2.37. The van der Waals surface area contributed by atoms with Gasteiger partial charge in [0.05, 0.1) is 10.9 Å². The topological polar surface area (TPSA) is 59.4 Å². The summed E-state index contributed by atoms with van der Waals surface area (Å²) in [5, 5.41) is 11.8. The van der Waals surface area contributed by atoms with Crippen LogP contribution in [0, 0.1) is 0 Å². The number of hydrogen-bond donors (Lipinski definition) is 1. The van der Waals surface area contributed by atoms with E-state index in [0.29, 0.717) is 16.0 Å². The maximum Gasteiger partial charge on any atom is 0.357 e. The Morgan fingerprint density at radius 1 is 1.04 bits per heavy atom. The molecule has 0 aliphatic rings. The minimum absolute atomic E-state index is 0.0795. The van der Waals surface area contributed by atoms with Crippen LogP contribution in [-0.2, 0) is 0 Å². The summed E-state index contributed by atoms with van der Waals surface area (Å²) in [4.78, 5) is 17.6. The molecule has 2 heterocycles. The zero-order chi connectivity index (χ0) is 15.8. The van der Waals surface area contributed by atoms with E-state index < -0.39 is 5.97 Å². The predicted molar refractivity (Wildman–Crippen MR) is 90.2 cm³/mol. The average molecular weight is 321 g/mol. The fourth-order valence-corrected chi connectivity index (χ4v) is 3.33. The molecule has 0 unspecified atom stereocenters. The number of fused-ring (bicyclic) bond motifs is 2. The van der Waals surface area contributed by atoms with Crippen molar-refractivity contribution in [2.75, 3.05) is 0 Å². The number of aromatic hydroxyl groups is 1. The summed E-state index contributed by atoms with van der Waals surface area (Å²) >= 11 is 1.13. The highest BCUT2D eigenvalue weighted by Gasteiger charge is 2.21. The molecule has 4 aromatic rings. The third-order valence-corrected chi connectivity index (χ3v) is 4.57. The first-order valence-corrected chi connectivity index (χ1v) is 7.82. The number of carbonyl (C=O) groups excluding carboxylic acids is 1. The molecule has 0 spiro atoms. The fourth-order valence-electron chi connectivity index (χ4n) is 2.39. The van der Waals surface area contributed by atoms with Crippen LogP contribution in [0.5, 0.6) is 11.5 Å². The highest BCUT2D eigenvalue weighted by atomic mass is 32.1. The lowest BCUT2D eigenvalue weighted by atomic mass is 10.2. The van der Waals surface area contributed by atoms with Crippen molar-refractivity contribution >= 4 is 38.4 Å². The van der Waals surface area contributed by atoms with Crippen molar-refractivity contribution in [3.8, 4) is 11.5 Å². The molecule has 0 aliphatic carbocycles. The fraction of sp³-hybridized carbons (Fsp3) is 0. The Bertz CT molecular complexity index is 1020. The normalized spacial score (nSPS) is 11.0. The van der Waals surface area contributed by atoms with Crippen molar-refractivity contribution in [2.24, 2.45) is 0 Å². The zero-order valence-corrected chi connectivity index (χ0v) is 12.7. The van der Waals surface area contributed by atoms with E-state index in [2.05, 4.69) is 4.98 Å². The van der Waals surface area contributed by atoms with E-state index in [0.717, 1.165) is 22.2 Å². The number of carbonyl (C=O) groups is 1. The van der Waals surface area contributed by atoms with E-state index in [-0.39, 0.29) is 10.6 Å². The lowest BCUT2D eigenvalue weighted by Crippen LogP contribution is -2.06. The number of thiophene rings is 1. The van der Waals surface area contributed by atoms with Gasteiger partial charge in [0, 0.05) is 5.39 Å². The van der Waals surface area contributed by atoms with E-state index in [1.807, 2.05) is 36.4 Å². The predicted octanol–water partition coefficient (Wildman–Crippen LogP) is 4.37. The molecule has 0 bridgehead atoms. The Kier molecular flexibility index (Phi) is 3.20. The lowest BCUT2D eigenvalue weighted by Gasteiger charge is -2.02. The first-order valence-electron chi connectivity index (χ1n) is 7.01. The molecule has 0 saturated heterocycles. The van der Waals surface area contributed by atoms with Crippen LogP contribution in [0.4, 0.5) is 0 Å². The molecule has 23 heavy (non-hydrogen) atoms. The minimum Gasteiger partial charge on any atom is -0.505 e. The number of pyridine rings is 1. The van der Waals surface area contributed by atoms with E-state index in [4.69, 9.17) is 4.74 Å². The number of rotatable bonds is 2. The van der Waals surface area contributed by atoms with Gasteiger partial charge in [-0.3, -0.25) is 0 Å². The van der Waals surface area contributed by atoms with Crippen molar-refractivity contribution < 1.29 is 14.6 Å². The van der Waals surface area contributed by atoms with Gasteiger partial charge in [0.1, 0.15) is 10.6 Å². The van der Waals surface area contributed by atoms with Crippen molar-refractivity contribution in [3.05, 3.63) is 65.5 Å². The van der Waals surface area contributed by atoms with Gasteiger partial charge >= 0.3 is 5.97 Å². The molecule has 2 aromatic carbocycles. The van der Waals surface area contributed by atoms with Gasteiger partial charge in [0.2, 0.25) is 0 Å². The molecule has 0 atom stereocenters. The first kappa shape index (κ1) is 13.7. The first-order chi connectivity index (χ1) is 11.2. The van der Waals surface area contributed by atoms with Gasteiger partial charge in [0.15, 0.2) is 10.6 Å². The number of benzene rings is 2. The smallest absolute Gasteiger partial charge is 0.357 e. The Morgan fingerprint density at radius 3 is 2.61 bits per heavy atom. The van der Waals surface area contributed by atoms with Gasteiger partial charge in [0.25, 0.3) is 0 Å². The van der Waals surface area contributed by atoms with Crippen molar-refractivity contribution in [3.63, 3.8) is 0 Å². The van der Waals surface area contributed by atoms with Crippen LogP contribution in [-0.4, -0.2) is 16.1 Å². The van der Waals surface area contributed by atoms with Gasteiger partial charge in [-0.15, -0.1) is 11.3 Å². The Hall–Kier alpha value is -2.92. The third kappa shape index (κ3) is 2.41. The number of nitrogens with zero attached hydrogens (tertiary/aromatic N) is 1. The van der Waals surface area contributed by atoms with Gasteiger partial charge in [-0.2, -0.15) is 0 Å². The second-order valence-electron chi connectivity index (χ2n) is 5.02. The molecule has 2 aromatic heterocycles. The van der Waals surface area contributed by atoms with Gasteiger partial charge < -0.3 is 9.84 Å². The zero-order valence-electron chi connectivity index (χ0n) is 11.9. The molecule has 0 fully saturated rings. The molecule has 4 rings (SSSR count). The van der Waals surface area contributed by atoms with Crippen LogP contribution in [0.1, 0.15) is 9.67 Å². The second-order valence-corrected chi connectivity index (χ2v) is 6.02. The van der Waals surface area contributed by atoms with Gasteiger partial charge in [-0.05, 0) is 24.3 Å². The largest absolute Gasteiger partial charge is 0.505 e. The van der Waals surface area contributed by atoms with Crippen LogP contribution in [0.3, 0.4) is 0 Å². The molecule has 112 valence electrons. The summed E-state index contributed by atoms with van der Waals surface area (Å²) in [6.45, 7) is 0. The summed E-state index contributed by atoms with van der Waals surface area (Å²) in [7, 11) is 0. The molecule has 0 aliphatic heterocycles. The van der Waals surface area contributed by atoms with Crippen molar-refractivity contribution in [2.45, 2.75) is 0 Å². The summed E-state index contributed by atoms with van der Waals surface area (Å²) in [6, 6.07) is 18.2. The highest BCUT2D eigenvalue weighted by molar-refractivity contribution is 7.20. The van der Waals surface area contributed by atoms with Crippen LogP contribution in [0.15, 0.2) is 60.7 Å². The second kappa shape index (κ2) is 5.37. The third-order valence-electron chi connectivity index (χ3n) is 3.50. The van der Waals surface area contributed by atoms with Crippen LogP contribution in [0.2, 0.25) is 0 Å². The summed E-state index contributed by atoms with van der Waals surface area (Å²) in [6.07, 6.45) is 0. The average Bonchev–Trinajstić information content (AvgIpc) is 2.90.